The average Bonchev–Trinajstić information content (AvgIpc) is 3.32. The lowest BCUT2D eigenvalue weighted by atomic mass is 10.0. The number of hydrogen-bond donors (Lipinski definition) is 1. The van der Waals surface area contributed by atoms with E-state index in [1.54, 1.807) is 37.3 Å². The fraction of sp³-hybridized carbons (Fsp3) is 0.281. The average molecular weight is 624 g/mol. The maximum atomic E-state index is 13.8. The molecule has 3 aromatic carbocycles. The van der Waals surface area contributed by atoms with Gasteiger partial charge in [0.15, 0.2) is 5.76 Å². The number of thioether (sulfide) groups is 1. The molecule has 226 valence electrons. The van der Waals surface area contributed by atoms with Gasteiger partial charge < -0.3 is 13.9 Å². The third-order valence-electron chi connectivity index (χ3n) is 6.34. The molecule has 0 unspecified atom stereocenters. The molecule has 1 aromatic heterocycles. The van der Waals surface area contributed by atoms with Crippen molar-refractivity contribution in [3.05, 3.63) is 94.7 Å². The summed E-state index contributed by atoms with van der Waals surface area (Å²) in [7, 11) is -2.85. The van der Waals surface area contributed by atoms with Crippen molar-refractivity contribution in [3.8, 4) is 5.75 Å². The van der Waals surface area contributed by atoms with E-state index in [2.05, 4.69) is 4.72 Å². The van der Waals surface area contributed by atoms with Crippen LogP contribution in [0.3, 0.4) is 0 Å². The van der Waals surface area contributed by atoms with Crippen LogP contribution in [0, 0.1) is 6.92 Å². The van der Waals surface area contributed by atoms with Crippen molar-refractivity contribution in [2.24, 2.45) is 0 Å². The maximum absolute atomic E-state index is 13.8. The number of nitrogens with one attached hydrogen (secondary N) is 1. The Labute approximate surface area is 255 Å². The van der Waals surface area contributed by atoms with Gasteiger partial charge in [-0.05, 0) is 63.6 Å². The Kier molecular flexibility index (Phi) is 9.66. The minimum Gasteiger partial charge on any atom is -0.496 e. The fourth-order valence-corrected chi connectivity index (χ4v) is 6.56. The van der Waals surface area contributed by atoms with Crippen LogP contribution in [0.2, 0.25) is 0 Å². The number of ketones is 1. The smallest absolute Gasteiger partial charge is 0.307 e. The molecule has 0 saturated carbocycles. The van der Waals surface area contributed by atoms with Crippen LogP contribution >= 0.6 is 11.8 Å². The van der Waals surface area contributed by atoms with Crippen LogP contribution in [-0.4, -0.2) is 44.5 Å². The maximum Gasteiger partial charge on any atom is 0.307 e. The molecule has 1 N–H and O–H groups in total. The number of para-hydroxylation sites is 1. The van der Waals surface area contributed by atoms with E-state index in [4.69, 9.17) is 13.9 Å². The van der Waals surface area contributed by atoms with E-state index < -0.39 is 27.3 Å². The summed E-state index contributed by atoms with van der Waals surface area (Å²) in [4.78, 5) is 39.1. The Balaban J connectivity index is 1.60. The second-order valence-electron chi connectivity index (χ2n) is 10.7. The Hall–Kier alpha value is -4.09. The first-order valence-corrected chi connectivity index (χ1v) is 16.1. The van der Waals surface area contributed by atoms with Gasteiger partial charge >= 0.3 is 5.97 Å². The van der Waals surface area contributed by atoms with E-state index in [-0.39, 0.29) is 39.9 Å². The molecule has 0 saturated heterocycles. The Morgan fingerprint density at radius 2 is 1.67 bits per heavy atom. The normalized spacial score (nSPS) is 11.7. The van der Waals surface area contributed by atoms with Gasteiger partial charge in [0.25, 0.3) is 15.9 Å². The largest absolute Gasteiger partial charge is 0.496 e. The summed E-state index contributed by atoms with van der Waals surface area (Å²) in [5, 5.41) is 0.756. The van der Waals surface area contributed by atoms with E-state index in [1.807, 2.05) is 32.9 Å². The van der Waals surface area contributed by atoms with Gasteiger partial charge in [-0.15, -0.1) is 0 Å². The summed E-state index contributed by atoms with van der Waals surface area (Å²) in [6, 6.07) is 17.7. The van der Waals surface area contributed by atoms with E-state index in [0.717, 1.165) is 5.39 Å². The van der Waals surface area contributed by atoms with Gasteiger partial charge in [0, 0.05) is 28.0 Å². The lowest BCUT2D eigenvalue weighted by molar-refractivity contribution is -0.154. The predicted octanol–water partition coefficient (Wildman–Crippen LogP) is 6.06. The SMILES string of the molecule is COc1ccc(C(=O)c2oc3ccccc3c2CSCCC(=O)OC(C)(C)C)cc1C(=O)NS(=O)(=O)c1ccccc1C. The van der Waals surface area contributed by atoms with Crippen molar-refractivity contribution in [1.29, 1.82) is 0 Å². The van der Waals surface area contributed by atoms with E-state index in [9.17, 15) is 22.8 Å². The first-order valence-electron chi connectivity index (χ1n) is 13.5. The minimum absolute atomic E-state index is 0.0365. The second kappa shape index (κ2) is 13.0. The van der Waals surface area contributed by atoms with Crippen LogP contribution in [0.4, 0.5) is 0 Å². The molecule has 9 nitrogen and oxygen atoms in total. The van der Waals surface area contributed by atoms with Gasteiger partial charge in [-0.3, -0.25) is 14.4 Å². The highest BCUT2D eigenvalue weighted by Gasteiger charge is 2.26. The highest BCUT2D eigenvalue weighted by atomic mass is 32.2. The lowest BCUT2D eigenvalue weighted by Gasteiger charge is -2.19. The number of esters is 1. The number of amides is 1. The van der Waals surface area contributed by atoms with Gasteiger partial charge in [0.2, 0.25) is 5.78 Å². The summed E-state index contributed by atoms with van der Waals surface area (Å²) in [5.41, 5.74) is 1.05. The summed E-state index contributed by atoms with van der Waals surface area (Å²) >= 11 is 1.46. The summed E-state index contributed by atoms with van der Waals surface area (Å²) in [5.74, 6) is -0.688. The third kappa shape index (κ3) is 7.66. The standard InChI is InChI=1S/C32H33NO8S2/c1-20-10-6-9-13-27(20)43(37,38)33-31(36)23-18-21(14-15-25(23)39-5)29(35)30-24(22-11-7-8-12-26(22)40-30)19-42-17-16-28(34)41-32(2,3)4/h6-15,18H,16-17,19H2,1-5H3,(H,33,36). The van der Waals surface area contributed by atoms with E-state index in [0.29, 0.717) is 28.2 Å². The molecule has 43 heavy (non-hydrogen) atoms. The highest BCUT2D eigenvalue weighted by molar-refractivity contribution is 7.98. The number of carbonyl (C=O) groups excluding carboxylic acids is 3. The van der Waals surface area contributed by atoms with E-state index >= 15 is 0 Å². The summed E-state index contributed by atoms with van der Waals surface area (Å²) < 4.78 is 44.7. The van der Waals surface area contributed by atoms with Crippen LogP contribution in [0.1, 0.15) is 64.8 Å². The number of methoxy groups -OCH3 is 1. The molecule has 1 amide bonds. The molecule has 0 fully saturated rings. The molecule has 0 bridgehead atoms. The molecule has 4 aromatic rings. The molecule has 0 aliphatic rings. The number of fused-ring (bicyclic) bond motifs is 1. The zero-order chi connectivity index (χ0) is 31.4. The molecular weight excluding hydrogens is 590 g/mol. The van der Waals surface area contributed by atoms with Crippen molar-refractivity contribution < 1.29 is 36.7 Å². The van der Waals surface area contributed by atoms with E-state index in [1.165, 1.54) is 43.1 Å². The number of furan rings is 1. The van der Waals surface area contributed by atoms with Crippen molar-refractivity contribution in [2.75, 3.05) is 12.9 Å². The highest BCUT2D eigenvalue weighted by Crippen LogP contribution is 2.32. The number of sulfonamides is 1. The van der Waals surface area contributed by atoms with Crippen molar-refractivity contribution in [1.82, 2.24) is 4.72 Å². The Morgan fingerprint density at radius 1 is 0.977 bits per heavy atom. The van der Waals surface area contributed by atoms with Crippen molar-refractivity contribution in [2.45, 2.75) is 50.4 Å². The fourth-order valence-electron chi connectivity index (χ4n) is 4.40. The molecule has 4 rings (SSSR count). The number of benzene rings is 3. The first-order chi connectivity index (χ1) is 20.3. The number of aryl methyl sites for hydroxylation is 1. The summed E-state index contributed by atoms with van der Waals surface area (Å²) in [6.45, 7) is 7.06. The zero-order valence-electron chi connectivity index (χ0n) is 24.6. The van der Waals surface area contributed by atoms with Crippen molar-refractivity contribution >= 4 is 50.4 Å². The lowest BCUT2D eigenvalue weighted by Crippen LogP contribution is -2.31. The monoisotopic (exact) mass is 623 g/mol. The van der Waals surface area contributed by atoms with Crippen molar-refractivity contribution in [3.63, 3.8) is 0 Å². The van der Waals surface area contributed by atoms with Gasteiger partial charge in [-0.25, -0.2) is 13.1 Å². The predicted molar refractivity (Wildman–Crippen MR) is 165 cm³/mol. The molecule has 0 aliphatic carbocycles. The number of carbonyl (C=O) groups is 3. The van der Waals surface area contributed by atoms with Crippen LogP contribution in [0.25, 0.3) is 11.0 Å². The topological polar surface area (TPSA) is 129 Å². The van der Waals surface area contributed by atoms with Gasteiger partial charge in [-0.1, -0.05) is 36.4 Å². The molecule has 0 radical (unpaired) electrons. The molecular formula is C32H33NO8S2. The van der Waals surface area contributed by atoms with Crippen LogP contribution in [0.5, 0.6) is 5.75 Å². The second-order valence-corrected chi connectivity index (χ2v) is 13.5. The van der Waals surface area contributed by atoms with Crippen LogP contribution < -0.4 is 9.46 Å². The first kappa shape index (κ1) is 31.8. The third-order valence-corrected chi connectivity index (χ3v) is 8.81. The van der Waals surface area contributed by atoms with Gasteiger partial charge in [0.1, 0.15) is 16.9 Å². The number of rotatable bonds is 11. The zero-order valence-corrected chi connectivity index (χ0v) is 26.2. The Morgan fingerprint density at radius 3 is 2.37 bits per heavy atom. The number of ether oxygens (including phenoxy) is 2. The Bertz CT molecular complexity index is 1780. The van der Waals surface area contributed by atoms with Crippen LogP contribution in [0.15, 0.2) is 76.0 Å². The van der Waals surface area contributed by atoms with Crippen LogP contribution in [-0.2, 0) is 25.3 Å². The quantitative estimate of drug-likeness (QED) is 0.120. The molecule has 1 heterocycles. The molecule has 0 atom stereocenters. The number of hydrogen-bond acceptors (Lipinski definition) is 9. The summed E-state index contributed by atoms with van der Waals surface area (Å²) in [6.07, 6.45) is 0.212. The molecule has 0 spiro atoms. The molecule has 0 aliphatic heterocycles. The minimum atomic E-state index is -4.20. The van der Waals surface area contributed by atoms with Gasteiger partial charge in [-0.2, -0.15) is 11.8 Å². The molecule has 11 heteroatoms. The van der Waals surface area contributed by atoms with Gasteiger partial charge in [0.05, 0.1) is 24.0 Å².